The number of carbonyl (C=O) groups is 1. The summed E-state index contributed by atoms with van der Waals surface area (Å²) >= 11 is 6.22. The Morgan fingerprint density at radius 1 is 1.21 bits per heavy atom. The number of ether oxygens (including phenoxy) is 2. The second kappa shape index (κ2) is 8.08. The van der Waals surface area contributed by atoms with Gasteiger partial charge in [-0.3, -0.25) is 4.98 Å². The second-order valence-corrected chi connectivity index (χ2v) is 6.95. The second-order valence-electron chi connectivity index (χ2n) is 6.51. The maximum Gasteiger partial charge on any atom is 0.337 e. The lowest BCUT2D eigenvalue weighted by Gasteiger charge is -2.23. The van der Waals surface area contributed by atoms with Crippen LogP contribution in [0.5, 0.6) is 6.01 Å². The van der Waals surface area contributed by atoms with Crippen molar-refractivity contribution < 1.29 is 19.4 Å². The van der Waals surface area contributed by atoms with Gasteiger partial charge in [0.15, 0.2) is 6.10 Å². The number of aryl methyl sites for hydroxylation is 1. The van der Waals surface area contributed by atoms with Crippen molar-refractivity contribution in [3.63, 3.8) is 0 Å². The van der Waals surface area contributed by atoms with Gasteiger partial charge in [-0.25, -0.2) is 14.8 Å². The SMILES string of the molecule is COc1ncc(-c2c(C(OC(C)C)C(=O)O)c(C)nc3ccc(Cl)cc23)cn1. The topological polar surface area (TPSA) is 94.4 Å². The Morgan fingerprint density at radius 2 is 1.89 bits per heavy atom. The van der Waals surface area contributed by atoms with Crippen LogP contribution in [0, 0.1) is 6.92 Å². The molecule has 3 aromatic rings. The van der Waals surface area contributed by atoms with Gasteiger partial charge >= 0.3 is 12.0 Å². The quantitative estimate of drug-likeness (QED) is 0.660. The number of nitrogens with zero attached hydrogens (tertiary/aromatic N) is 3. The molecule has 1 atom stereocenters. The Hall–Kier alpha value is -2.77. The summed E-state index contributed by atoms with van der Waals surface area (Å²) in [7, 11) is 1.48. The first-order valence-electron chi connectivity index (χ1n) is 8.66. The van der Waals surface area contributed by atoms with Gasteiger partial charge in [-0.15, -0.1) is 0 Å². The van der Waals surface area contributed by atoms with E-state index in [-0.39, 0.29) is 12.1 Å². The Bertz CT molecular complexity index is 1020. The summed E-state index contributed by atoms with van der Waals surface area (Å²) in [5.74, 6) is -1.10. The highest BCUT2D eigenvalue weighted by Crippen LogP contribution is 2.38. The van der Waals surface area contributed by atoms with Gasteiger partial charge in [-0.2, -0.15) is 0 Å². The first kappa shape index (κ1) is 20.0. The molecule has 3 rings (SSSR count). The zero-order valence-electron chi connectivity index (χ0n) is 15.9. The number of benzene rings is 1. The fraction of sp³-hybridized carbons (Fsp3) is 0.300. The normalized spacial score (nSPS) is 12.4. The molecule has 0 aliphatic rings. The number of carboxylic acid groups (broad SMARTS) is 1. The van der Waals surface area contributed by atoms with E-state index >= 15 is 0 Å². The van der Waals surface area contributed by atoms with E-state index in [0.717, 1.165) is 0 Å². The van der Waals surface area contributed by atoms with Crippen molar-refractivity contribution >= 4 is 28.5 Å². The molecule has 1 unspecified atom stereocenters. The number of methoxy groups -OCH3 is 1. The number of hydrogen-bond donors (Lipinski definition) is 1. The summed E-state index contributed by atoms with van der Waals surface area (Å²) in [4.78, 5) is 25.0. The van der Waals surface area contributed by atoms with Gasteiger partial charge in [-0.05, 0) is 39.0 Å². The zero-order chi connectivity index (χ0) is 20.4. The number of aliphatic carboxylic acids is 1. The van der Waals surface area contributed by atoms with Crippen LogP contribution >= 0.6 is 11.6 Å². The number of aromatic nitrogens is 3. The van der Waals surface area contributed by atoms with E-state index in [1.807, 2.05) is 0 Å². The Kier molecular flexibility index (Phi) is 5.76. The fourth-order valence-electron chi connectivity index (χ4n) is 3.08. The molecular weight excluding hydrogens is 382 g/mol. The Labute approximate surface area is 167 Å². The molecule has 0 saturated carbocycles. The molecule has 28 heavy (non-hydrogen) atoms. The fourth-order valence-corrected chi connectivity index (χ4v) is 3.25. The van der Waals surface area contributed by atoms with Crippen molar-refractivity contribution in [3.05, 3.63) is 46.9 Å². The van der Waals surface area contributed by atoms with Crippen LogP contribution in [0.4, 0.5) is 0 Å². The van der Waals surface area contributed by atoms with Gasteiger partial charge in [0, 0.05) is 45.2 Å². The third-order valence-corrected chi connectivity index (χ3v) is 4.40. The molecule has 1 aromatic carbocycles. The minimum Gasteiger partial charge on any atom is -0.479 e. The lowest BCUT2D eigenvalue weighted by Crippen LogP contribution is -2.21. The van der Waals surface area contributed by atoms with E-state index in [1.54, 1.807) is 51.4 Å². The average molecular weight is 402 g/mol. The monoisotopic (exact) mass is 401 g/mol. The predicted octanol–water partition coefficient (Wildman–Crippen LogP) is 4.21. The first-order chi connectivity index (χ1) is 13.3. The largest absolute Gasteiger partial charge is 0.479 e. The van der Waals surface area contributed by atoms with Crippen molar-refractivity contribution in [2.45, 2.75) is 33.0 Å². The maximum absolute atomic E-state index is 12.0. The molecule has 0 aliphatic heterocycles. The van der Waals surface area contributed by atoms with E-state index in [2.05, 4.69) is 15.0 Å². The third kappa shape index (κ3) is 3.90. The van der Waals surface area contributed by atoms with Gasteiger partial charge in [0.2, 0.25) is 0 Å². The molecule has 0 spiro atoms. The van der Waals surface area contributed by atoms with Crippen LogP contribution in [-0.4, -0.2) is 39.2 Å². The Morgan fingerprint density at radius 3 is 2.46 bits per heavy atom. The van der Waals surface area contributed by atoms with E-state index < -0.39 is 12.1 Å². The van der Waals surface area contributed by atoms with Gasteiger partial charge < -0.3 is 14.6 Å². The summed E-state index contributed by atoms with van der Waals surface area (Å²) in [6.45, 7) is 5.33. The maximum atomic E-state index is 12.0. The smallest absolute Gasteiger partial charge is 0.337 e. The molecule has 146 valence electrons. The highest BCUT2D eigenvalue weighted by molar-refractivity contribution is 6.31. The van der Waals surface area contributed by atoms with Crippen LogP contribution < -0.4 is 4.74 Å². The van der Waals surface area contributed by atoms with Gasteiger partial charge in [-0.1, -0.05) is 11.6 Å². The number of rotatable bonds is 6. The molecule has 2 aromatic heterocycles. The van der Waals surface area contributed by atoms with Crippen molar-refractivity contribution in [1.82, 2.24) is 15.0 Å². The molecule has 2 heterocycles. The minimum absolute atomic E-state index is 0.214. The van der Waals surface area contributed by atoms with Crippen LogP contribution in [0.1, 0.15) is 31.2 Å². The Balaban J connectivity index is 2.38. The average Bonchev–Trinajstić information content (AvgIpc) is 2.65. The minimum atomic E-state index is -1.20. The van der Waals surface area contributed by atoms with Crippen LogP contribution in [0.3, 0.4) is 0 Å². The highest BCUT2D eigenvalue weighted by atomic mass is 35.5. The molecule has 0 amide bonds. The molecule has 0 radical (unpaired) electrons. The summed E-state index contributed by atoms with van der Waals surface area (Å²) in [5.41, 5.74) is 2.93. The molecule has 8 heteroatoms. The predicted molar refractivity (Wildman–Crippen MR) is 106 cm³/mol. The van der Waals surface area contributed by atoms with Crippen molar-refractivity contribution in [1.29, 1.82) is 0 Å². The summed E-state index contributed by atoms with van der Waals surface area (Å²) in [5, 5.41) is 11.1. The van der Waals surface area contributed by atoms with Crippen molar-refractivity contribution in [3.8, 4) is 17.1 Å². The van der Waals surface area contributed by atoms with Gasteiger partial charge in [0.05, 0.1) is 18.7 Å². The van der Waals surface area contributed by atoms with Crippen molar-refractivity contribution in [2.75, 3.05) is 7.11 Å². The third-order valence-electron chi connectivity index (χ3n) is 4.17. The van der Waals surface area contributed by atoms with Crippen LogP contribution in [-0.2, 0) is 9.53 Å². The zero-order valence-corrected chi connectivity index (χ0v) is 16.7. The molecule has 7 nitrogen and oxygen atoms in total. The summed E-state index contributed by atoms with van der Waals surface area (Å²) in [6.07, 6.45) is 1.67. The molecule has 0 bridgehead atoms. The molecule has 0 saturated heterocycles. The molecule has 0 aliphatic carbocycles. The number of hydrogen-bond acceptors (Lipinski definition) is 6. The number of halogens is 1. The lowest BCUT2D eigenvalue weighted by molar-refractivity contribution is -0.153. The van der Waals surface area contributed by atoms with Crippen LogP contribution in [0.2, 0.25) is 5.02 Å². The van der Waals surface area contributed by atoms with Crippen LogP contribution in [0.15, 0.2) is 30.6 Å². The van der Waals surface area contributed by atoms with E-state index in [4.69, 9.17) is 21.1 Å². The molecular formula is C20H20ClN3O4. The lowest BCUT2D eigenvalue weighted by atomic mass is 9.92. The molecule has 0 fully saturated rings. The summed E-state index contributed by atoms with van der Waals surface area (Å²) in [6, 6.07) is 5.50. The first-order valence-corrected chi connectivity index (χ1v) is 9.04. The van der Waals surface area contributed by atoms with Crippen molar-refractivity contribution in [2.24, 2.45) is 0 Å². The number of pyridine rings is 1. The number of carboxylic acids is 1. The molecule has 1 N–H and O–H groups in total. The van der Waals surface area contributed by atoms with E-state index in [9.17, 15) is 9.90 Å². The summed E-state index contributed by atoms with van der Waals surface area (Å²) < 4.78 is 10.8. The van der Waals surface area contributed by atoms with Crippen LogP contribution in [0.25, 0.3) is 22.0 Å². The van der Waals surface area contributed by atoms with E-state index in [0.29, 0.717) is 38.3 Å². The van der Waals surface area contributed by atoms with Gasteiger partial charge in [0.25, 0.3) is 0 Å². The standard InChI is InChI=1S/C20H20ClN3O4/c1-10(2)28-18(19(25)26)16-11(3)24-15-6-5-13(21)7-14(15)17(16)12-8-22-20(27-4)23-9-12/h5-10,18H,1-4H3,(H,25,26). The van der Waals surface area contributed by atoms with E-state index in [1.165, 1.54) is 7.11 Å². The van der Waals surface area contributed by atoms with Gasteiger partial charge in [0.1, 0.15) is 0 Å². The highest BCUT2D eigenvalue weighted by Gasteiger charge is 2.29. The number of fused-ring (bicyclic) bond motifs is 1.